The first-order chi connectivity index (χ1) is 7.44. The number of pyridine rings is 1. The molecule has 0 saturated heterocycles. The van der Waals surface area contributed by atoms with Crippen molar-refractivity contribution in [2.45, 2.75) is 26.2 Å². The minimum atomic E-state index is -1.94. The zero-order valence-corrected chi connectivity index (χ0v) is 9.38. The topological polar surface area (TPSA) is 85.4 Å². The highest BCUT2D eigenvalue weighted by atomic mass is 16.6. The van der Waals surface area contributed by atoms with E-state index in [0.29, 0.717) is 0 Å². The minimum Gasteiger partial charge on any atom is -0.458 e. The monoisotopic (exact) mass is 224 g/mol. The number of esters is 1. The SMILES string of the molecule is CC(C)[C@](N)(O)C(=O)OCc1cccnc1. The lowest BCUT2D eigenvalue weighted by Crippen LogP contribution is -2.53. The summed E-state index contributed by atoms with van der Waals surface area (Å²) in [4.78, 5) is 15.3. The quantitative estimate of drug-likeness (QED) is 0.572. The van der Waals surface area contributed by atoms with Crippen molar-refractivity contribution in [1.82, 2.24) is 4.98 Å². The molecule has 1 rings (SSSR count). The van der Waals surface area contributed by atoms with Crippen LogP contribution >= 0.6 is 0 Å². The van der Waals surface area contributed by atoms with Gasteiger partial charge in [0, 0.05) is 23.9 Å². The molecule has 1 aromatic heterocycles. The van der Waals surface area contributed by atoms with Crippen LogP contribution in [-0.4, -0.2) is 21.8 Å². The normalized spacial score (nSPS) is 14.6. The van der Waals surface area contributed by atoms with Crippen LogP contribution in [0.1, 0.15) is 19.4 Å². The highest BCUT2D eigenvalue weighted by molar-refractivity contribution is 5.78. The fourth-order valence-corrected chi connectivity index (χ4v) is 0.984. The molecule has 1 heterocycles. The number of carbonyl (C=O) groups is 1. The highest BCUT2D eigenvalue weighted by Crippen LogP contribution is 2.13. The van der Waals surface area contributed by atoms with Gasteiger partial charge in [-0.3, -0.25) is 10.7 Å². The third kappa shape index (κ3) is 3.01. The number of nitrogens with zero attached hydrogens (tertiary/aromatic N) is 1. The van der Waals surface area contributed by atoms with Crippen LogP contribution in [0.15, 0.2) is 24.5 Å². The predicted molar refractivity (Wildman–Crippen MR) is 58.0 cm³/mol. The van der Waals surface area contributed by atoms with E-state index in [2.05, 4.69) is 4.98 Å². The number of aliphatic hydroxyl groups is 1. The van der Waals surface area contributed by atoms with Crippen LogP contribution in [0.2, 0.25) is 0 Å². The van der Waals surface area contributed by atoms with Gasteiger partial charge >= 0.3 is 5.97 Å². The first-order valence-electron chi connectivity index (χ1n) is 5.02. The van der Waals surface area contributed by atoms with Gasteiger partial charge in [-0.15, -0.1) is 0 Å². The van der Waals surface area contributed by atoms with Gasteiger partial charge < -0.3 is 9.84 Å². The highest BCUT2D eigenvalue weighted by Gasteiger charge is 2.36. The largest absolute Gasteiger partial charge is 0.458 e. The Morgan fingerprint density at radius 2 is 2.38 bits per heavy atom. The molecule has 0 radical (unpaired) electrons. The summed E-state index contributed by atoms with van der Waals surface area (Å²) in [5.41, 5.74) is 4.24. The van der Waals surface area contributed by atoms with E-state index in [4.69, 9.17) is 10.5 Å². The van der Waals surface area contributed by atoms with Gasteiger partial charge in [-0.05, 0) is 6.07 Å². The lowest BCUT2D eigenvalue weighted by atomic mass is 10.0. The van der Waals surface area contributed by atoms with Gasteiger partial charge in [0.2, 0.25) is 5.72 Å². The molecule has 5 nitrogen and oxygen atoms in total. The summed E-state index contributed by atoms with van der Waals surface area (Å²) >= 11 is 0. The molecule has 16 heavy (non-hydrogen) atoms. The predicted octanol–water partition coefficient (Wildman–Crippen LogP) is 0.428. The second-order valence-corrected chi connectivity index (χ2v) is 3.92. The van der Waals surface area contributed by atoms with Crippen LogP contribution in [0.3, 0.4) is 0 Å². The van der Waals surface area contributed by atoms with Crippen molar-refractivity contribution in [3.63, 3.8) is 0 Å². The van der Waals surface area contributed by atoms with Gasteiger partial charge in [0.25, 0.3) is 0 Å². The Morgan fingerprint density at radius 3 is 2.88 bits per heavy atom. The summed E-state index contributed by atoms with van der Waals surface area (Å²) in [7, 11) is 0. The number of carbonyl (C=O) groups excluding carboxylic acids is 1. The fraction of sp³-hybridized carbons (Fsp3) is 0.455. The summed E-state index contributed by atoms with van der Waals surface area (Å²) < 4.78 is 4.90. The van der Waals surface area contributed by atoms with E-state index in [9.17, 15) is 9.90 Å². The lowest BCUT2D eigenvalue weighted by molar-refractivity contribution is -0.171. The van der Waals surface area contributed by atoms with Crippen molar-refractivity contribution in [1.29, 1.82) is 0 Å². The molecule has 0 aromatic carbocycles. The van der Waals surface area contributed by atoms with Gasteiger partial charge in [-0.1, -0.05) is 19.9 Å². The summed E-state index contributed by atoms with van der Waals surface area (Å²) in [6, 6.07) is 3.51. The van der Waals surface area contributed by atoms with Gasteiger partial charge in [0.1, 0.15) is 6.61 Å². The van der Waals surface area contributed by atoms with E-state index in [1.807, 2.05) is 0 Å². The molecule has 0 aliphatic carbocycles. The van der Waals surface area contributed by atoms with Crippen LogP contribution in [0, 0.1) is 5.92 Å². The Labute approximate surface area is 94.2 Å². The molecule has 0 unspecified atom stereocenters. The number of rotatable bonds is 4. The van der Waals surface area contributed by atoms with E-state index < -0.39 is 17.6 Å². The molecule has 0 aliphatic heterocycles. The maximum atomic E-state index is 11.5. The standard InChI is InChI=1S/C11H16N2O3/c1-8(2)11(12,15)10(14)16-7-9-4-3-5-13-6-9/h3-6,8,15H,7,12H2,1-2H3/t11-/m0/s1. The molecule has 1 aromatic rings. The van der Waals surface area contributed by atoms with E-state index in [0.717, 1.165) is 5.56 Å². The fourth-order valence-electron chi connectivity index (χ4n) is 0.984. The molecule has 3 N–H and O–H groups in total. The second-order valence-electron chi connectivity index (χ2n) is 3.92. The summed E-state index contributed by atoms with van der Waals surface area (Å²) in [5, 5.41) is 9.63. The zero-order chi connectivity index (χ0) is 12.2. The molecule has 0 aliphatic rings. The Hall–Kier alpha value is -1.46. The number of hydrogen-bond acceptors (Lipinski definition) is 5. The first kappa shape index (κ1) is 12.6. The van der Waals surface area contributed by atoms with Crippen LogP contribution in [0.5, 0.6) is 0 Å². The lowest BCUT2D eigenvalue weighted by Gasteiger charge is -2.24. The summed E-state index contributed by atoms with van der Waals surface area (Å²) in [6.07, 6.45) is 3.21. The maximum Gasteiger partial charge on any atom is 0.354 e. The smallest absolute Gasteiger partial charge is 0.354 e. The van der Waals surface area contributed by atoms with Gasteiger partial charge in [0.05, 0.1) is 0 Å². The minimum absolute atomic E-state index is 0.0545. The zero-order valence-electron chi connectivity index (χ0n) is 9.38. The Morgan fingerprint density at radius 1 is 1.69 bits per heavy atom. The second kappa shape index (κ2) is 5.05. The average molecular weight is 224 g/mol. The molecule has 0 amide bonds. The van der Waals surface area contributed by atoms with E-state index >= 15 is 0 Å². The molecule has 0 fully saturated rings. The summed E-state index contributed by atoms with van der Waals surface area (Å²) in [5.74, 6) is -1.24. The van der Waals surface area contributed by atoms with Crippen LogP contribution in [0.25, 0.3) is 0 Å². The first-order valence-corrected chi connectivity index (χ1v) is 5.02. The van der Waals surface area contributed by atoms with Crippen molar-refractivity contribution in [2.24, 2.45) is 11.7 Å². The third-order valence-electron chi connectivity index (χ3n) is 2.30. The van der Waals surface area contributed by atoms with Gasteiger partial charge in [-0.2, -0.15) is 0 Å². The average Bonchev–Trinajstić information content (AvgIpc) is 2.27. The van der Waals surface area contributed by atoms with Crippen LogP contribution < -0.4 is 5.73 Å². The maximum absolute atomic E-state index is 11.5. The number of hydrogen-bond donors (Lipinski definition) is 2. The van der Waals surface area contributed by atoms with E-state index in [1.54, 1.807) is 38.4 Å². The number of ether oxygens (including phenoxy) is 1. The van der Waals surface area contributed by atoms with Crippen LogP contribution in [0.4, 0.5) is 0 Å². The van der Waals surface area contributed by atoms with Crippen molar-refractivity contribution in [2.75, 3.05) is 0 Å². The molecular weight excluding hydrogens is 208 g/mol. The van der Waals surface area contributed by atoms with E-state index in [1.165, 1.54) is 0 Å². The van der Waals surface area contributed by atoms with Crippen molar-refractivity contribution in [3.05, 3.63) is 30.1 Å². The molecular formula is C11H16N2O3. The van der Waals surface area contributed by atoms with Crippen molar-refractivity contribution >= 4 is 5.97 Å². The molecule has 0 bridgehead atoms. The Bertz CT molecular complexity index is 350. The molecule has 0 saturated carbocycles. The van der Waals surface area contributed by atoms with Crippen LogP contribution in [-0.2, 0) is 16.1 Å². The summed E-state index contributed by atoms with van der Waals surface area (Å²) in [6.45, 7) is 3.34. The van der Waals surface area contributed by atoms with Gasteiger partial charge in [-0.25, -0.2) is 4.79 Å². The molecule has 88 valence electrons. The molecule has 5 heteroatoms. The Kier molecular flexibility index (Phi) is 3.98. The molecule has 0 spiro atoms. The molecule has 1 atom stereocenters. The van der Waals surface area contributed by atoms with Gasteiger partial charge in [0.15, 0.2) is 0 Å². The van der Waals surface area contributed by atoms with Crippen molar-refractivity contribution < 1.29 is 14.6 Å². The van der Waals surface area contributed by atoms with Crippen molar-refractivity contribution in [3.8, 4) is 0 Å². The Balaban J connectivity index is 2.54. The van der Waals surface area contributed by atoms with E-state index in [-0.39, 0.29) is 6.61 Å². The number of aromatic nitrogens is 1. The third-order valence-corrected chi connectivity index (χ3v) is 2.30. The number of nitrogens with two attached hydrogens (primary N) is 1.